The fourth-order valence-corrected chi connectivity index (χ4v) is 3.88. The van der Waals surface area contributed by atoms with Crippen LogP contribution in [0.15, 0.2) is 0 Å². The smallest absolute Gasteiger partial charge is 0.326 e. The highest BCUT2D eigenvalue weighted by Crippen LogP contribution is 2.24. The van der Waals surface area contributed by atoms with Gasteiger partial charge in [-0.25, -0.2) is 18.0 Å². The minimum absolute atomic E-state index is 0.139. The fourth-order valence-electron chi connectivity index (χ4n) is 1.97. The number of hydrogen-bond donors (Lipinski definition) is 3. The Kier molecular flexibility index (Phi) is 7.30. The molecule has 3 N–H and O–H groups in total. The van der Waals surface area contributed by atoms with E-state index in [9.17, 15) is 18.0 Å². The SMILES string of the molecule is CS(=O)(=O)CCC(NC(=O)NCC1CCCCS1)C(=O)O. The van der Waals surface area contributed by atoms with Crippen molar-refractivity contribution in [2.24, 2.45) is 0 Å². The second-order valence-corrected chi connectivity index (χ2v) is 8.82. The normalized spacial score (nSPS) is 20.5. The van der Waals surface area contributed by atoms with E-state index in [2.05, 4.69) is 10.6 Å². The number of carbonyl (C=O) groups excluding carboxylic acids is 1. The molecule has 0 aliphatic carbocycles. The van der Waals surface area contributed by atoms with E-state index in [1.165, 1.54) is 6.42 Å². The van der Waals surface area contributed by atoms with Crippen molar-refractivity contribution in [2.45, 2.75) is 37.0 Å². The Morgan fingerprint density at radius 3 is 2.62 bits per heavy atom. The molecular weight excluding hydrogens is 316 g/mol. The van der Waals surface area contributed by atoms with Crippen LogP contribution in [0.5, 0.6) is 0 Å². The van der Waals surface area contributed by atoms with E-state index in [4.69, 9.17) is 5.11 Å². The van der Waals surface area contributed by atoms with Crippen molar-refractivity contribution >= 4 is 33.6 Å². The first kappa shape index (κ1) is 18.1. The van der Waals surface area contributed by atoms with Crippen LogP contribution in [0.25, 0.3) is 0 Å². The lowest BCUT2D eigenvalue weighted by Gasteiger charge is -2.22. The Balaban J connectivity index is 2.35. The van der Waals surface area contributed by atoms with Crippen LogP contribution in [0.4, 0.5) is 4.79 Å². The summed E-state index contributed by atoms with van der Waals surface area (Å²) in [6, 6.07) is -1.76. The van der Waals surface area contributed by atoms with Gasteiger partial charge in [-0.05, 0) is 25.0 Å². The first-order valence-corrected chi connectivity index (χ1v) is 9.95. The van der Waals surface area contributed by atoms with E-state index < -0.39 is 27.9 Å². The maximum Gasteiger partial charge on any atom is 0.326 e. The van der Waals surface area contributed by atoms with E-state index in [0.717, 1.165) is 24.9 Å². The molecule has 21 heavy (non-hydrogen) atoms. The number of rotatable bonds is 7. The molecule has 0 aromatic heterocycles. The summed E-state index contributed by atoms with van der Waals surface area (Å²) < 4.78 is 22.1. The maximum atomic E-state index is 11.7. The van der Waals surface area contributed by atoms with Crippen LogP contribution in [-0.2, 0) is 14.6 Å². The second-order valence-electron chi connectivity index (χ2n) is 5.15. The predicted molar refractivity (Wildman–Crippen MR) is 82.4 cm³/mol. The Morgan fingerprint density at radius 1 is 1.38 bits per heavy atom. The van der Waals surface area contributed by atoms with E-state index in [-0.39, 0.29) is 12.2 Å². The number of carboxylic acids is 1. The molecule has 1 aliphatic heterocycles. The van der Waals surface area contributed by atoms with Gasteiger partial charge in [-0.2, -0.15) is 11.8 Å². The minimum atomic E-state index is -3.26. The highest BCUT2D eigenvalue weighted by Gasteiger charge is 2.22. The first-order valence-electron chi connectivity index (χ1n) is 6.84. The van der Waals surface area contributed by atoms with Gasteiger partial charge in [0.1, 0.15) is 15.9 Å². The number of nitrogens with one attached hydrogen (secondary N) is 2. The molecule has 0 radical (unpaired) electrons. The molecule has 0 bridgehead atoms. The highest BCUT2D eigenvalue weighted by molar-refractivity contribution is 7.99. The molecule has 2 unspecified atom stereocenters. The molecule has 9 heteroatoms. The van der Waals surface area contributed by atoms with E-state index in [1.807, 2.05) is 0 Å². The predicted octanol–water partition coefficient (Wildman–Crippen LogP) is 0.459. The van der Waals surface area contributed by atoms with Gasteiger partial charge in [-0.1, -0.05) is 6.42 Å². The van der Waals surface area contributed by atoms with Crippen molar-refractivity contribution < 1.29 is 23.1 Å². The first-order chi connectivity index (χ1) is 9.78. The molecular formula is C12H22N2O5S2. The molecule has 0 spiro atoms. The lowest BCUT2D eigenvalue weighted by atomic mass is 10.2. The molecule has 7 nitrogen and oxygen atoms in total. The third kappa shape index (κ3) is 8.15. The van der Waals surface area contributed by atoms with E-state index in [1.54, 1.807) is 11.8 Å². The number of hydrogen-bond acceptors (Lipinski definition) is 5. The van der Waals surface area contributed by atoms with Gasteiger partial charge in [-0.3, -0.25) is 0 Å². The zero-order valence-electron chi connectivity index (χ0n) is 12.0. The van der Waals surface area contributed by atoms with Crippen LogP contribution in [0.2, 0.25) is 0 Å². The standard InChI is InChI=1S/C12H22N2O5S2/c1-21(18,19)7-5-10(11(15)16)14-12(17)13-8-9-4-2-3-6-20-9/h9-10H,2-8H2,1H3,(H,15,16)(H2,13,14,17). The minimum Gasteiger partial charge on any atom is -0.480 e. The van der Waals surface area contributed by atoms with Gasteiger partial charge in [0.2, 0.25) is 0 Å². The van der Waals surface area contributed by atoms with Crippen molar-refractivity contribution in [1.29, 1.82) is 0 Å². The largest absolute Gasteiger partial charge is 0.480 e. The lowest BCUT2D eigenvalue weighted by molar-refractivity contribution is -0.139. The third-order valence-electron chi connectivity index (χ3n) is 3.15. The molecule has 2 atom stereocenters. The van der Waals surface area contributed by atoms with Gasteiger partial charge in [0.25, 0.3) is 0 Å². The van der Waals surface area contributed by atoms with E-state index >= 15 is 0 Å². The van der Waals surface area contributed by atoms with Gasteiger partial charge in [0.05, 0.1) is 5.75 Å². The highest BCUT2D eigenvalue weighted by atomic mass is 32.2. The van der Waals surface area contributed by atoms with Crippen LogP contribution >= 0.6 is 11.8 Å². The van der Waals surface area contributed by atoms with Crippen LogP contribution in [-0.4, -0.2) is 61.1 Å². The maximum absolute atomic E-state index is 11.7. The number of carbonyl (C=O) groups is 2. The Morgan fingerprint density at radius 2 is 2.10 bits per heavy atom. The number of aliphatic carboxylic acids is 1. The molecule has 122 valence electrons. The van der Waals surface area contributed by atoms with E-state index in [0.29, 0.717) is 11.8 Å². The number of amides is 2. The second kappa shape index (κ2) is 8.47. The van der Waals surface area contributed by atoms with Crippen LogP contribution in [0.1, 0.15) is 25.7 Å². The van der Waals surface area contributed by atoms with Gasteiger partial charge >= 0.3 is 12.0 Å². The van der Waals surface area contributed by atoms with Crippen LogP contribution in [0.3, 0.4) is 0 Å². The number of carboxylic acid groups (broad SMARTS) is 1. The summed E-state index contributed by atoms with van der Waals surface area (Å²) >= 11 is 1.81. The molecule has 1 heterocycles. The lowest BCUT2D eigenvalue weighted by Crippen LogP contribution is -2.48. The number of sulfone groups is 1. The van der Waals surface area contributed by atoms with Crippen LogP contribution in [0, 0.1) is 0 Å². The van der Waals surface area contributed by atoms with Crippen molar-refractivity contribution in [1.82, 2.24) is 10.6 Å². The summed E-state index contributed by atoms with van der Waals surface area (Å²) in [7, 11) is -3.26. The molecule has 0 aromatic rings. The monoisotopic (exact) mass is 338 g/mol. The summed E-state index contributed by atoms with van der Waals surface area (Å²) in [5.74, 6) is -0.427. The summed E-state index contributed by atoms with van der Waals surface area (Å²) in [6.45, 7) is 0.495. The molecule has 0 aromatic carbocycles. The quantitative estimate of drug-likeness (QED) is 0.621. The Hall–Kier alpha value is -0.960. The molecule has 0 saturated carbocycles. The summed E-state index contributed by atoms with van der Waals surface area (Å²) in [5, 5.41) is 14.3. The fraction of sp³-hybridized carbons (Fsp3) is 0.833. The number of urea groups is 1. The summed E-state index contributed by atoms with van der Waals surface area (Å²) in [6.07, 6.45) is 4.28. The van der Waals surface area contributed by atoms with Gasteiger partial charge in [-0.15, -0.1) is 0 Å². The van der Waals surface area contributed by atoms with Crippen molar-refractivity contribution in [2.75, 3.05) is 24.3 Å². The Bertz CT molecular complexity index is 460. The zero-order valence-corrected chi connectivity index (χ0v) is 13.6. The molecule has 1 aliphatic rings. The average molecular weight is 338 g/mol. The van der Waals surface area contributed by atoms with Crippen molar-refractivity contribution in [3.05, 3.63) is 0 Å². The average Bonchev–Trinajstić information content (AvgIpc) is 2.41. The molecule has 1 rings (SSSR count). The topological polar surface area (TPSA) is 113 Å². The Labute approximate surface area is 129 Å². The molecule has 2 amide bonds. The summed E-state index contributed by atoms with van der Waals surface area (Å²) in [5.41, 5.74) is 0. The number of thioether (sulfide) groups is 1. The van der Waals surface area contributed by atoms with Crippen molar-refractivity contribution in [3.63, 3.8) is 0 Å². The molecule has 1 saturated heterocycles. The third-order valence-corrected chi connectivity index (χ3v) is 5.52. The van der Waals surface area contributed by atoms with Crippen LogP contribution < -0.4 is 10.6 Å². The molecule has 1 fully saturated rings. The van der Waals surface area contributed by atoms with Gasteiger partial charge in [0, 0.05) is 18.1 Å². The summed E-state index contributed by atoms with van der Waals surface area (Å²) in [4.78, 5) is 22.7. The van der Waals surface area contributed by atoms with Gasteiger partial charge in [0.15, 0.2) is 0 Å². The zero-order chi connectivity index (χ0) is 15.9. The van der Waals surface area contributed by atoms with Crippen molar-refractivity contribution in [3.8, 4) is 0 Å². The van der Waals surface area contributed by atoms with Gasteiger partial charge < -0.3 is 15.7 Å².